The van der Waals surface area contributed by atoms with Crippen molar-refractivity contribution in [1.29, 1.82) is 0 Å². The Kier molecular flexibility index (Phi) is 8.05. The molecule has 2 heterocycles. The Hall–Kier alpha value is -3.69. The maximum absolute atomic E-state index is 13.1. The van der Waals surface area contributed by atoms with Crippen LogP contribution in [-0.4, -0.2) is 44.5 Å². The standard InChI is InChI=1S/C32H44N8O2/c1-20-13-15-22(16-14-20)19-40-25-26(34-21(2)23-9-7-10-23)35-28(29(41)38-39-31(42)33-3)36-27(25)37-30(40)32(17-8-18-32)24-11-5-4-6-12-24/h4-6,11-12,20-23H,7-10,13-19H2,1-3H3,(H,38,41)(H2,33,39,42)(H,34,35,36)/t20?,21-,22?/m1/s1. The maximum Gasteiger partial charge on any atom is 0.333 e. The number of nitrogens with one attached hydrogen (secondary N) is 4. The molecule has 10 heteroatoms. The number of benzene rings is 1. The summed E-state index contributed by atoms with van der Waals surface area (Å²) in [6.45, 7) is 5.43. The van der Waals surface area contributed by atoms with Crippen molar-refractivity contribution in [2.75, 3.05) is 12.4 Å². The third kappa shape index (κ3) is 5.43. The molecule has 3 aromatic rings. The van der Waals surface area contributed by atoms with Crippen LogP contribution in [0.1, 0.15) is 100 Å². The zero-order valence-corrected chi connectivity index (χ0v) is 25.1. The van der Waals surface area contributed by atoms with Crippen LogP contribution in [0.5, 0.6) is 0 Å². The SMILES string of the molecule is CNC(=O)NNC(=O)c1nc(N[C@H](C)C2CCC2)c2c(n1)nc(C1(c3ccccc3)CCC1)n2CC1CCC(C)CC1. The summed E-state index contributed by atoms with van der Waals surface area (Å²) in [5.41, 5.74) is 7.26. The maximum atomic E-state index is 13.1. The van der Waals surface area contributed by atoms with Gasteiger partial charge in [0.25, 0.3) is 0 Å². The number of carbonyl (C=O) groups is 2. The van der Waals surface area contributed by atoms with Gasteiger partial charge in [-0.2, -0.15) is 0 Å². The van der Waals surface area contributed by atoms with Crippen molar-refractivity contribution in [3.05, 3.63) is 47.5 Å². The van der Waals surface area contributed by atoms with Gasteiger partial charge in [0.05, 0.1) is 5.41 Å². The highest BCUT2D eigenvalue weighted by Crippen LogP contribution is 2.50. The Balaban J connectivity index is 1.48. The first kappa shape index (κ1) is 28.4. The molecule has 3 amide bonds. The van der Waals surface area contributed by atoms with Crippen LogP contribution >= 0.6 is 0 Å². The zero-order chi connectivity index (χ0) is 29.3. The van der Waals surface area contributed by atoms with Gasteiger partial charge in [0.1, 0.15) is 11.3 Å². The predicted molar refractivity (Wildman–Crippen MR) is 163 cm³/mol. The Morgan fingerprint density at radius 1 is 0.976 bits per heavy atom. The molecule has 3 aliphatic rings. The lowest BCUT2D eigenvalue weighted by molar-refractivity contribution is 0.0926. The third-order valence-electron chi connectivity index (χ3n) is 10.1. The minimum absolute atomic E-state index is 0.0210. The quantitative estimate of drug-likeness (QED) is 0.272. The fourth-order valence-corrected chi connectivity index (χ4v) is 6.99. The Bertz CT molecular complexity index is 1420. The number of hydrazine groups is 1. The molecule has 0 unspecified atom stereocenters. The molecular formula is C32H44N8O2. The number of nitrogens with zero attached hydrogens (tertiary/aromatic N) is 4. The van der Waals surface area contributed by atoms with Crippen LogP contribution in [0, 0.1) is 17.8 Å². The zero-order valence-electron chi connectivity index (χ0n) is 25.1. The molecule has 2 aromatic heterocycles. The first-order valence-corrected chi connectivity index (χ1v) is 15.8. The monoisotopic (exact) mass is 572 g/mol. The Labute approximate surface area is 247 Å². The van der Waals surface area contributed by atoms with Crippen LogP contribution in [-0.2, 0) is 12.0 Å². The molecule has 0 spiro atoms. The molecule has 0 bridgehead atoms. The molecule has 10 nitrogen and oxygen atoms in total. The van der Waals surface area contributed by atoms with Crippen LogP contribution < -0.4 is 21.5 Å². The number of fused-ring (bicyclic) bond motifs is 1. The van der Waals surface area contributed by atoms with Gasteiger partial charge in [0, 0.05) is 19.6 Å². The number of hydrogen-bond donors (Lipinski definition) is 4. The molecular weight excluding hydrogens is 528 g/mol. The highest BCUT2D eigenvalue weighted by Gasteiger charge is 2.45. The number of amides is 3. The normalized spacial score (nSPS) is 22.5. The van der Waals surface area contributed by atoms with Gasteiger partial charge in [-0.3, -0.25) is 10.2 Å². The molecule has 1 atom stereocenters. The molecule has 224 valence electrons. The van der Waals surface area contributed by atoms with Crippen LogP contribution in [0.4, 0.5) is 10.6 Å². The molecule has 4 N–H and O–H groups in total. The van der Waals surface area contributed by atoms with Gasteiger partial charge in [-0.15, -0.1) is 0 Å². The van der Waals surface area contributed by atoms with E-state index in [4.69, 9.17) is 15.0 Å². The van der Waals surface area contributed by atoms with Crippen molar-refractivity contribution >= 4 is 28.9 Å². The second-order valence-electron chi connectivity index (χ2n) is 12.8. The number of urea groups is 1. The highest BCUT2D eigenvalue weighted by atomic mass is 16.2. The molecule has 0 radical (unpaired) electrons. The van der Waals surface area contributed by atoms with Crippen LogP contribution in [0.25, 0.3) is 11.2 Å². The Morgan fingerprint density at radius 3 is 2.33 bits per heavy atom. The van der Waals surface area contributed by atoms with Crippen molar-refractivity contribution < 1.29 is 9.59 Å². The molecule has 0 saturated heterocycles. The average molecular weight is 573 g/mol. The number of rotatable bonds is 8. The summed E-state index contributed by atoms with van der Waals surface area (Å²) in [5.74, 6) is 2.97. The van der Waals surface area contributed by atoms with Crippen molar-refractivity contribution in [2.45, 2.75) is 96.1 Å². The fourth-order valence-electron chi connectivity index (χ4n) is 6.99. The topological polar surface area (TPSA) is 126 Å². The summed E-state index contributed by atoms with van der Waals surface area (Å²) in [7, 11) is 1.48. The number of aromatic nitrogens is 4. The molecule has 6 rings (SSSR count). The van der Waals surface area contributed by atoms with Gasteiger partial charge < -0.3 is 15.2 Å². The first-order valence-electron chi connectivity index (χ1n) is 15.8. The van der Waals surface area contributed by atoms with Crippen molar-refractivity contribution in [1.82, 2.24) is 35.7 Å². The second-order valence-corrected chi connectivity index (χ2v) is 12.8. The lowest BCUT2D eigenvalue weighted by Crippen LogP contribution is -2.46. The van der Waals surface area contributed by atoms with Crippen molar-refractivity contribution in [3.8, 4) is 0 Å². The van der Waals surface area contributed by atoms with Crippen LogP contribution in [0.3, 0.4) is 0 Å². The van der Waals surface area contributed by atoms with Gasteiger partial charge >= 0.3 is 11.9 Å². The lowest BCUT2D eigenvalue weighted by Gasteiger charge is -2.42. The highest BCUT2D eigenvalue weighted by molar-refractivity contribution is 5.95. The Morgan fingerprint density at radius 2 is 1.71 bits per heavy atom. The van der Waals surface area contributed by atoms with E-state index in [9.17, 15) is 9.59 Å². The predicted octanol–water partition coefficient (Wildman–Crippen LogP) is 5.30. The number of anilines is 1. The minimum Gasteiger partial charge on any atom is -0.365 e. The van der Waals surface area contributed by atoms with E-state index in [1.807, 2.05) is 0 Å². The summed E-state index contributed by atoms with van der Waals surface area (Å²) >= 11 is 0. The van der Waals surface area contributed by atoms with E-state index in [2.05, 4.69) is 70.2 Å². The molecule has 3 fully saturated rings. The third-order valence-corrected chi connectivity index (χ3v) is 10.1. The summed E-state index contributed by atoms with van der Waals surface area (Å²) in [6.07, 6.45) is 11.7. The smallest absolute Gasteiger partial charge is 0.333 e. The number of hydrogen-bond acceptors (Lipinski definition) is 6. The second kappa shape index (κ2) is 11.9. The van der Waals surface area contributed by atoms with E-state index in [-0.39, 0.29) is 17.3 Å². The fraction of sp³-hybridized carbons (Fsp3) is 0.594. The van der Waals surface area contributed by atoms with Crippen molar-refractivity contribution in [2.24, 2.45) is 17.8 Å². The van der Waals surface area contributed by atoms with E-state index in [1.54, 1.807) is 0 Å². The van der Waals surface area contributed by atoms with Crippen LogP contribution in [0.2, 0.25) is 0 Å². The molecule has 42 heavy (non-hydrogen) atoms. The molecule has 3 saturated carbocycles. The summed E-state index contributed by atoms with van der Waals surface area (Å²) in [4.78, 5) is 39.6. The van der Waals surface area contributed by atoms with E-state index in [0.717, 1.165) is 43.1 Å². The molecule has 1 aromatic carbocycles. The van der Waals surface area contributed by atoms with E-state index < -0.39 is 11.9 Å². The summed E-state index contributed by atoms with van der Waals surface area (Å²) in [5, 5.41) is 6.12. The van der Waals surface area contributed by atoms with E-state index in [0.29, 0.717) is 23.3 Å². The molecule has 0 aliphatic heterocycles. The van der Waals surface area contributed by atoms with Crippen molar-refractivity contribution in [3.63, 3.8) is 0 Å². The van der Waals surface area contributed by atoms with Gasteiger partial charge in [0.15, 0.2) is 11.5 Å². The summed E-state index contributed by atoms with van der Waals surface area (Å²) in [6, 6.07) is 10.4. The number of imidazole rings is 1. The van der Waals surface area contributed by atoms with Gasteiger partial charge in [-0.05, 0) is 68.8 Å². The average Bonchev–Trinajstić information content (AvgIpc) is 3.30. The minimum atomic E-state index is -0.585. The van der Waals surface area contributed by atoms with Crippen LogP contribution in [0.15, 0.2) is 30.3 Å². The molecule has 3 aliphatic carbocycles. The largest absolute Gasteiger partial charge is 0.365 e. The summed E-state index contributed by atoms with van der Waals surface area (Å²) < 4.78 is 2.41. The number of carbonyl (C=O) groups excluding carboxylic acids is 2. The lowest BCUT2D eigenvalue weighted by atomic mass is 9.63. The van der Waals surface area contributed by atoms with Gasteiger partial charge in [0.2, 0.25) is 5.82 Å². The van der Waals surface area contributed by atoms with Gasteiger partial charge in [-0.1, -0.05) is 62.9 Å². The van der Waals surface area contributed by atoms with E-state index in [1.165, 1.54) is 57.6 Å². The first-order chi connectivity index (χ1) is 20.4. The van der Waals surface area contributed by atoms with Gasteiger partial charge in [-0.25, -0.2) is 25.2 Å². The van der Waals surface area contributed by atoms with E-state index >= 15 is 0 Å².